The number of benzene rings is 1. The first kappa shape index (κ1) is 12.5. The van der Waals surface area contributed by atoms with Crippen LogP contribution in [0.5, 0.6) is 0 Å². The maximum absolute atomic E-state index is 12.4. The lowest BCUT2D eigenvalue weighted by Crippen LogP contribution is -2.36. The summed E-state index contributed by atoms with van der Waals surface area (Å²) in [5, 5.41) is 17.9. The summed E-state index contributed by atoms with van der Waals surface area (Å²) in [6, 6.07) is 3.99. The fourth-order valence-corrected chi connectivity index (χ4v) is 1.16. The SMILES string of the molecule is O=C(O)c1ccc(C(O)(CF)C(F)F)cc1. The van der Waals surface area contributed by atoms with Crippen molar-refractivity contribution in [2.45, 2.75) is 12.0 Å². The molecule has 1 atom stereocenters. The second-order valence-corrected chi connectivity index (χ2v) is 3.24. The van der Waals surface area contributed by atoms with E-state index < -0.39 is 24.7 Å². The summed E-state index contributed by atoms with van der Waals surface area (Å²) in [5.74, 6) is -1.23. The minimum atomic E-state index is -3.28. The third kappa shape index (κ3) is 2.16. The van der Waals surface area contributed by atoms with Crippen molar-refractivity contribution < 1.29 is 28.2 Å². The summed E-state index contributed by atoms with van der Waals surface area (Å²) in [6.07, 6.45) is -3.28. The minimum Gasteiger partial charge on any atom is -0.478 e. The van der Waals surface area contributed by atoms with Crippen LogP contribution in [0.15, 0.2) is 24.3 Å². The van der Waals surface area contributed by atoms with E-state index in [2.05, 4.69) is 0 Å². The summed E-state index contributed by atoms with van der Waals surface area (Å²) < 4.78 is 37.2. The lowest BCUT2D eigenvalue weighted by molar-refractivity contribution is -0.114. The number of halogens is 3. The molecule has 3 nitrogen and oxygen atoms in total. The first-order chi connectivity index (χ1) is 7.41. The van der Waals surface area contributed by atoms with Crippen molar-refractivity contribution in [1.29, 1.82) is 0 Å². The van der Waals surface area contributed by atoms with Gasteiger partial charge in [-0.2, -0.15) is 0 Å². The number of rotatable bonds is 4. The van der Waals surface area contributed by atoms with Crippen LogP contribution in [-0.4, -0.2) is 29.3 Å². The van der Waals surface area contributed by atoms with Gasteiger partial charge in [-0.25, -0.2) is 18.0 Å². The molecule has 1 aromatic rings. The Kier molecular flexibility index (Phi) is 3.54. The molecular formula is C10H9F3O3. The van der Waals surface area contributed by atoms with Gasteiger partial charge in [0.25, 0.3) is 6.43 Å². The van der Waals surface area contributed by atoms with E-state index in [1.807, 2.05) is 0 Å². The van der Waals surface area contributed by atoms with Crippen molar-refractivity contribution in [3.8, 4) is 0 Å². The molecule has 0 saturated carbocycles. The number of aromatic carboxylic acids is 1. The van der Waals surface area contributed by atoms with E-state index in [-0.39, 0.29) is 11.1 Å². The first-order valence-corrected chi connectivity index (χ1v) is 4.32. The van der Waals surface area contributed by atoms with Crippen LogP contribution in [0.25, 0.3) is 0 Å². The van der Waals surface area contributed by atoms with Gasteiger partial charge in [0.2, 0.25) is 0 Å². The van der Waals surface area contributed by atoms with Gasteiger partial charge in [0.1, 0.15) is 6.67 Å². The van der Waals surface area contributed by atoms with Crippen LogP contribution in [0.2, 0.25) is 0 Å². The van der Waals surface area contributed by atoms with Crippen LogP contribution in [-0.2, 0) is 5.60 Å². The maximum Gasteiger partial charge on any atom is 0.335 e. The Balaban J connectivity index is 3.09. The van der Waals surface area contributed by atoms with Crippen LogP contribution in [0.4, 0.5) is 13.2 Å². The van der Waals surface area contributed by atoms with Crippen LogP contribution in [0.3, 0.4) is 0 Å². The molecule has 16 heavy (non-hydrogen) atoms. The van der Waals surface area contributed by atoms with Crippen molar-refractivity contribution in [1.82, 2.24) is 0 Å². The standard InChI is InChI=1S/C10H9F3O3/c11-5-10(16,9(12)13)7-3-1-6(2-4-7)8(14)15/h1-4,9,16H,5H2,(H,14,15). The molecule has 0 saturated heterocycles. The molecule has 0 heterocycles. The molecule has 0 aliphatic heterocycles. The van der Waals surface area contributed by atoms with Crippen molar-refractivity contribution in [3.05, 3.63) is 35.4 Å². The molecule has 0 radical (unpaired) electrons. The number of carboxylic acids is 1. The summed E-state index contributed by atoms with van der Waals surface area (Å²) in [5.41, 5.74) is -3.36. The molecule has 1 unspecified atom stereocenters. The van der Waals surface area contributed by atoms with Gasteiger partial charge in [0, 0.05) is 0 Å². The van der Waals surface area contributed by atoms with Gasteiger partial charge in [-0.15, -0.1) is 0 Å². The molecule has 0 spiro atoms. The highest BCUT2D eigenvalue weighted by Gasteiger charge is 2.39. The van der Waals surface area contributed by atoms with Gasteiger partial charge < -0.3 is 10.2 Å². The lowest BCUT2D eigenvalue weighted by Gasteiger charge is -2.24. The molecule has 0 aliphatic carbocycles. The zero-order chi connectivity index (χ0) is 12.3. The number of alkyl halides is 3. The zero-order valence-electron chi connectivity index (χ0n) is 8.03. The molecule has 88 valence electrons. The number of carbonyl (C=O) groups is 1. The van der Waals surface area contributed by atoms with Crippen molar-refractivity contribution in [3.63, 3.8) is 0 Å². The Labute approximate surface area is 89.1 Å². The molecule has 1 aromatic carbocycles. The molecule has 0 fully saturated rings. The van der Waals surface area contributed by atoms with Crippen LogP contribution in [0.1, 0.15) is 15.9 Å². The summed E-state index contributed by atoms with van der Waals surface area (Å²) in [4.78, 5) is 10.5. The molecule has 0 amide bonds. The third-order valence-corrected chi connectivity index (χ3v) is 2.20. The van der Waals surface area contributed by atoms with Crippen molar-refractivity contribution in [2.24, 2.45) is 0 Å². The Morgan fingerprint density at radius 2 is 1.81 bits per heavy atom. The summed E-state index contributed by atoms with van der Waals surface area (Å²) >= 11 is 0. The average Bonchev–Trinajstić information content (AvgIpc) is 2.27. The van der Waals surface area contributed by atoms with Crippen LogP contribution < -0.4 is 0 Å². The Hall–Kier alpha value is -1.56. The predicted molar refractivity (Wildman–Crippen MR) is 49.3 cm³/mol. The van der Waals surface area contributed by atoms with Gasteiger partial charge in [0.05, 0.1) is 5.56 Å². The number of hydrogen-bond acceptors (Lipinski definition) is 2. The molecule has 0 bridgehead atoms. The van der Waals surface area contributed by atoms with E-state index in [4.69, 9.17) is 5.11 Å². The smallest absolute Gasteiger partial charge is 0.335 e. The highest BCUT2D eigenvalue weighted by Crippen LogP contribution is 2.29. The zero-order valence-corrected chi connectivity index (χ0v) is 8.03. The van der Waals surface area contributed by atoms with E-state index in [0.29, 0.717) is 0 Å². The van der Waals surface area contributed by atoms with Gasteiger partial charge in [0.15, 0.2) is 5.60 Å². The molecule has 1 rings (SSSR count). The van der Waals surface area contributed by atoms with Crippen molar-refractivity contribution in [2.75, 3.05) is 6.67 Å². The fourth-order valence-electron chi connectivity index (χ4n) is 1.16. The van der Waals surface area contributed by atoms with E-state index in [9.17, 15) is 23.1 Å². The lowest BCUT2D eigenvalue weighted by atomic mass is 9.95. The van der Waals surface area contributed by atoms with Gasteiger partial charge >= 0.3 is 5.97 Å². The summed E-state index contributed by atoms with van der Waals surface area (Å²) in [7, 11) is 0. The van der Waals surface area contributed by atoms with Crippen molar-refractivity contribution >= 4 is 5.97 Å². The number of hydrogen-bond donors (Lipinski definition) is 2. The number of carboxylic acid groups (broad SMARTS) is 1. The Bertz CT molecular complexity index is 377. The Morgan fingerprint density at radius 1 is 1.31 bits per heavy atom. The van der Waals surface area contributed by atoms with E-state index in [1.165, 1.54) is 0 Å². The van der Waals surface area contributed by atoms with Gasteiger partial charge in [-0.05, 0) is 17.7 Å². The topological polar surface area (TPSA) is 57.5 Å². The fraction of sp³-hybridized carbons (Fsp3) is 0.300. The normalized spacial score (nSPS) is 14.8. The largest absolute Gasteiger partial charge is 0.478 e. The van der Waals surface area contributed by atoms with Gasteiger partial charge in [-0.3, -0.25) is 0 Å². The maximum atomic E-state index is 12.4. The minimum absolute atomic E-state index is 0.126. The third-order valence-electron chi connectivity index (χ3n) is 2.20. The average molecular weight is 234 g/mol. The molecule has 6 heteroatoms. The molecular weight excluding hydrogens is 225 g/mol. The van der Waals surface area contributed by atoms with E-state index in [0.717, 1.165) is 24.3 Å². The monoisotopic (exact) mass is 234 g/mol. The van der Waals surface area contributed by atoms with E-state index >= 15 is 0 Å². The Morgan fingerprint density at radius 3 is 2.12 bits per heavy atom. The predicted octanol–water partition coefficient (Wildman–Crippen LogP) is 1.81. The molecule has 2 N–H and O–H groups in total. The highest BCUT2D eigenvalue weighted by atomic mass is 19.3. The van der Waals surface area contributed by atoms with E-state index in [1.54, 1.807) is 0 Å². The summed E-state index contributed by atoms with van der Waals surface area (Å²) in [6.45, 7) is -1.64. The van der Waals surface area contributed by atoms with Crippen LogP contribution >= 0.6 is 0 Å². The van der Waals surface area contributed by atoms with Crippen LogP contribution in [0, 0.1) is 0 Å². The first-order valence-electron chi connectivity index (χ1n) is 4.32. The number of aliphatic hydroxyl groups is 1. The second kappa shape index (κ2) is 4.52. The quantitative estimate of drug-likeness (QED) is 0.835. The highest BCUT2D eigenvalue weighted by molar-refractivity contribution is 5.87. The molecule has 0 aliphatic rings. The van der Waals surface area contributed by atoms with Gasteiger partial charge in [-0.1, -0.05) is 12.1 Å². The molecule has 0 aromatic heterocycles. The second-order valence-electron chi connectivity index (χ2n) is 3.24.